The van der Waals surface area contributed by atoms with E-state index in [0.717, 1.165) is 31.4 Å². The van der Waals surface area contributed by atoms with Crippen molar-refractivity contribution in [3.8, 4) is 0 Å². The summed E-state index contributed by atoms with van der Waals surface area (Å²) in [6.45, 7) is 7.65. The van der Waals surface area contributed by atoms with E-state index in [9.17, 15) is 4.79 Å². The minimum absolute atomic E-state index is 0. The van der Waals surface area contributed by atoms with Crippen molar-refractivity contribution in [2.45, 2.75) is 58.5 Å². The van der Waals surface area contributed by atoms with Gasteiger partial charge in [0, 0.05) is 12.1 Å². The van der Waals surface area contributed by atoms with Gasteiger partial charge in [0.1, 0.15) is 0 Å². The molecule has 0 spiro atoms. The fourth-order valence-corrected chi connectivity index (χ4v) is 2.95. The molecule has 0 bridgehead atoms. The molecule has 3 nitrogen and oxygen atoms in total. The molecule has 1 aliphatic rings. The van der Waals surface area contributed by atoms with Crippen molar-refractivity contribution in [1.82, 2.24) is 10.6 Å². The molecule has 0 aliphatic carbocycles. The van der Waals surface area contributed by atoms with Crippen LogP contribution in [0.4, 0.5) is 0 Å². The molecule has 1 aromatic carbocycles. The molecule has 1 fully saturated rings. The fraction of sp³-hybridized carbons (Fsp3) is 0.611. The Kier molecular flexibility index (Phi) is 7.91. The van der Waals surface area contributed by atoms with Gasteiger partial charge in [-0.15, -0.1) is 12.4 Å². The highest BCUT2D eigenvalue weighted by Gasteiger charge is 2.22. The minimum Gasteiger partial charge on any atom is -0.352 e. The number of carbonyl (C=O) groups is 1. The van der Waals surface area contributed by atoms with E-state index in [4.69, 9.17) is 0 Å². The number of hydrogen-bond donors (Lipinski definition) is 2. The third kappa shape index (κ3) is 5.98. The molecule has 2 rings (SSSR count). The second kappa shape index (κ2) is 9.16. The van der Waals surface area contributed by atoms with Crippen molar-refractivity contribution >= 4 is 18.3 Å². The first-order valence-electron chi connectivity index (χ1n) is 8.15. The molecule has 2 atom stereocenters. The van der Waals surface area contributed by atoms with Gasteiger partial charge >= 0.3 is 0 Å². The second-order valence-corrected chi connectivity index (χ2v) is 6.65. The first-order valence-corrected chi connectivity index (χ1v) is 8.15. The third-order valence-corrected chi connectivity index (χ3v) is 4.14. The molecular formula is C18H29ClN2O. The smallest absolute Gasteiger partial charge is 0.224 e. The summed E-state index contributed by atoms with van der Waals surface area (Å²) >= 11 is 0. The van der Waals surface area contributed by atoms with E-state index in [0.29, 0.717) is 18.4 Å². The van der Waals surface area contributed by atoms with Crippen molar-refractivity contribution in [3.05, 3.63) is 35.4 Å². The van der Waals surface area contributed by atoms with Gasteiger partial charge in [-0.3, -0.25) is 4.79 Å². The lowest BCUT2D eigenvalue weighted by Crippen LogP contribution is -2.52. The maximum Gasteiger partial charge on any atom is 0.224 e. The zero-order valence-electron chi connectivity index (χ0n) is 13.9. The third-order valence-electron chi connectivity index (χ3n) is 4.14. The van der Waals surface area contributed by atoms with Crippen LogP contribution in [0, 0.1) is 5.92 Å². The molecule has 2 N–H and O–H groups in total. The monoisotopic (exact) mass is 324 g/mol. The van der Waals surface area contributed by atoms with E-state index in [2.05, 4.69) is 55.7 Å². The van der Waals surface area contributed by atoms with Crippen molar-refractivity contribution < 1.29 is 4.79 Å². The maximum atomic E-state index is 12.2. The van der Waals surface area contributed by atoms with E-state index in [1.807, 2.05) is 0 Å². The average Bonchev–Trinajstić information content (AvgIpc) is 2.43. The van der Waals surface area contributed by atoms with E-state index < -0.39 is 0 Å². The highest BCUT2D eigenvalue weighted by atomic mass is 35.5. The SMILES string of the molecule is CC(C)Cc1ccc(CC(=O)NC2CCCNC2C)cc1.Cl. The van der Waals surface area contributed by atoms with Crippen molar-refractivity contribution in [2.24, 2.45) is 5.92 Å². The number of halogens is 1. The topological polar surface area (TPSA) is 41.1 Å². The summed E-state index contributed by atoms with van der Waals surface area (Å²) in [7, 11) is 0. The van der Waals surface area contributed by atoms with Crippen LogP contribution in [0.25, 0.3) is 0 Å². The van der Waals surface area contributed by atoms with Crippen LogP contribution in [0.2, 0.25) is 0 Å². The van der Waals surface area contributed by atoms with Crippen molar-refractivity contribution in [1.29, 1.82) is 0 Å². The van der Waals surface area contributed by atoms with Crippen LogP contribution in [-0.4, -0.2) is 24.5 Å². The van der Waals surface area contributed by atoms with E-state index in [1.54, 1.807) is 0 Å². The molecule has 0 radical (unpaired) electrons. The molecule has 124 valence electrons. The van der Waals surface area contributed by atoms with E-state index in [1.165, 1.54) is 5.56 Å². The molecule has 1 heterocycles. The van der Waals surface area contributed by atoms with Gasteiger partial charge < -0.3 is 10.6 Å². The number of nitrogens with one attached hydrogen (secondary N) is 2. The molecular weight excluding hydrogens is 296 g/mol. The van der Waals surface area contributed by atoms with Crippen LogP contribution >= 0.6 is 12.4 Å². The van der Waals surface area contributed by atoms with Crippen LogP contribution in [0.1, 0.15) is 44.7 Å². The largest absolute Gasteiger partial charge is 0.352 e. The molecule has 1 saturated heterocycles. The molecule has 1 aliphatic heterocycles. The van der Waals surface area contributed by atoms with Crippen molar-refractivity contribution in [2.75, 3.05) is 6.54 Å². The quantitative estimate of drug-likeness (QED) is 0.873. The van der Waals surface area contributed by atoms with Gasteiger partial charge in [-0.1, -0.05) is 38.1 Å². The lowest BCUT2D eigenvalue weighted by Gasteiger charge is -2.30. The first kappa shape index (κ1) is 19.0. The molecule has 0 saturated carbocycles. The Hall–Kier alpha value is -1.06. The van der Waals surface area contributed by atoms with Gasteiger partial charge in [-0.25, -0.2) is 0 Å². The van der Waals surface area contributed by atoms with Gasteiger partial charge in [0.15, 0.2) is 0 Å². The van der Waals surface area contributed by atoms with Crippen LogP contribution in [-0.2, 0) is 17.6 Å². The highest BCUT2D eigenvalue weighted by Crippen LogP contribution is 2.11. The van der Waals surface area contributed by atoms with Gasteiger partial charge in [0.25, 0.3) is 0 Å². The Morgan fingerprint density at radius 1 is 1.27 bits per heavy atom. The zero-order chi connectivity index (χ0) is 15.2. The number of amides is 1. The van der Waals surface area contributed by atoms with Crippen LogP contribution in [0.15, 0.2) is 24.3 Å². The number of piperidine rings is 1. The van der Waals surface area contributed by atoms with Gasteiger partial charge in [-0.2, -0.15) is 0 Å². The van der Waals surface area contributed by atoms with Gasteiger partial charge in [0.2, 0.25) is 5.91 Å². The molecule has 22 heavy (non-hydrogen) atoms. The fourth-order valence-electron chi connectivity index (χ4n) is 2.95. The Morgan fingerprint density at radius 3 is 2.50 bits per heavy atom. The summed E-state index contributed by atoms with van der Waals surface area (Å²) in [6.07, 6.45) is 3.79. The lowest BCUT2D eigenvalue weighted by atomic mass is 9.99. The Bertz CT molecular complexity index is 459. The summed E-state index contributed by atoms with van der Waals surface area (Å²) in [5.74, 6) is 0.798. The van der Waals surface area contributed by atoms with Gasteiger partial charge in [0.05, 0.1) is 6.42 Å². The van der Waals surface area contributed by atoms with Crippen LogP contribution in [0.3, 0.4) is 0 Å². The van der Waals surface area contributed by atoms with E-state index in [-0.39, 0.29) is 24.4 Å². The molecule has 1 amide bonds. The highest BCUT2D eigenvalue weighted by molar-refractivity contribution is 5.85. The molecule has 1 aromatic rings. The first-order chi connectivity index (χ1) is 10.0. The number of carbonyl (C=O) groups excluding carboxylic acids is 1. The maximum absolute atomic E-state index is 12.2. The lowest BCUT2D eigenvalue weighted by molar-refractivity contribution is -0.121. The number of rotatable bonds is 5. The predicted molar refractivity (Wildman–Crippen MR) is 94.6 cm³/mol. The summed E-state index contributed by atoms with van der Waals surface area (Å²) in [6, 6.07) is 9.10. The minimum atomic E-state index is 0. The van der Waals surface area contributed by atoms with Crippen LogP contribution in [0.5, 0.6) is 0 Å². The van der Waals surface area contributed by atoms with E-state index >= 15 is 0 Å². The normalized spacial score (nSPS) is 21.3. The molecule has 2 unspecified atom stereocenters. The Balaban J connectivity index is 0.00000242. The van der Waals surface area contributed by atoms with Crippen molar-refractivity contribution in [3.63, 3.8) is 0 Å². The summed E-state index contributed by atoms with van der Waals surface area (Å²) in [5.41, 5.74) is 2.44. The molecule has 0 aromatic heterocycles. The number of benzene rings is 1. The summed E-state index contributed by atoms with van der Waals surface area (Å²) in [5, 5.41) is 6.57. The summed E-state index contributed by atoms with van der Waals surface area (Å²) < 4.78 is 0. The van der Waals surface area contributed by atoms with Crippen LogP contribution < -0.4 is 10.6 Å². The number of hydrogen-bond acceptors (Lipinski definition) is 2. The second-order valence-electron chi connectivity index (χ2n) is 6.65. The zero-order valence-corrected chi connectivity index (χ0v) is 14.7. The molecule has 4 heteroatoms. The average molecular weight is 325 g/mol. The predicted octanol–water partition coefficient (Wildman–Crippen LogP) is 3.11. The van der Waals surface area contributed by atoms with Gasteiger partial charge in [-0.05, 0) is 49.8 Å². The Morgan fingerprint density at radius 2 is 1.91 bits per heavy atom. The standard InChI is InChI=1S/C18H28N2O.ClH/c1-13(2)11-15-6-8-16(9-7-15)12-18(21)20-17-5-4-10-19-14(17)3;/h6-9,13-14,17,19H,4-5,10-12H2,1-3H3,(H,20,21);1H. The summed E-state index contributed by atoms with van der Waals surface area (Å²) in [4.78, 5) is 12.2. The Labute approximate surface area is 140 Å².